The molecule has 0 fully saturated rings. The fourth-order valence-electron chi connectivity index (χ4n) is 1.88. The second-order valence-electron chi connectivity index (χ2n) is 5.41. The second-order valence-corrected chi connectivity index (χ2v) is 5.41. The first-order valence-corrected chi connectivity index (χ1v) is 7.36. The third-order valence-electron chi connectivity index (χ3n) is 3.22. The van der Waals surface area contributed by atoms with Crippen LogP contribution in [0.1, 0.15) is 46.4 Å². The summed E-state index contributed by atoms with van der Waals surface area (Å²) >= 11 is 0. The Hall–Kier alpha value is -2.77. The van der Waals surface area contributed by atoms with E-state index in [0.717, 1.165) is 12.1 Å². The molecule has 0 unspecified atom stereocenters. The standard InChI is InChI=1S/C16H17F2N3O3/c1-9(2)13-8-14(24-21-13)16(23)20-6-5-19-15(22)11-4-3-10(17)7-12(11)18/h3-4,7-9H,5-6H2,1-2H3,(H,19,22)(H,20,23). The highest BCUT2D eigenvalue weighted by Gasteiger charge is 2.15. The highest BCUT2D eigenvalue weighted by Crippen LogP contribution is 2.13. The van der Waals surface area contributed by atoms with Crippen molar-refractivity contribution in [1.29, 1.82) is 0 Å². The monoisotopic (exact) mass is 337 g/mol. The first-order chi connectivity index (χ1) is 11.4. The maximum Gasteiger partial charge on any atom is 0.289 e. The van der Waals surface area contributed by atoms with Gasteiger partial charge in [-0.3, -0.25) is 9.59 Å². The summed E-state index contributed by atoms with van der Waals surface area (Å²) in [6.45, 7) is 4.03. The molecule has 1 aromatic carbocycles. The largest absolute Gasteiger partial charge is 0.351 e. The molecule has 0 aliphatic carbocycles. The highest BCUT2D eigenvalue weighted by molar-refractivity contribution is 5.94. The number of nitrogens with one attached hydrogen (secondary N) is 2. The van der Waals surface area contributed by atoms with E-state index in [-0.39, 0.29) is 30.3 Å². The average molecular weight is 337 g/mol. The molecule has 0 bridgehead atoms. The summed E-state index contributed by atoms with van der Waals surface area (Å²) in [5, 5.41) is 8.74. The van der Waals surface area contributed by atoms with Gasteiger partial charge in [-0.25, -0.2) is 8.78 Å². The van der Waals surface area contributed by atoms with E-state index in [1.807, 2.05) is 13.8 Å². The van der Waals surface area contributed by atoms with Crippen LogP contribution < -0.4 is 10.6 Å². The number of benzene rings is 1. The van der Waals surface area contributed by atoms with Crippen molar-refractivity contribution in [3.8, 4) is 0 Å². The van der Waals surface area contributed by atoms with Crippen molar-refractivity contribution < 1.29 is 22.9 Å². The van der Waals surface area contributed by atoms with Crippen molar-refractivity contribution in [2.75, 3.05) is 13.1 Å². The lowest BCUT2D eigenvalue weighted by atomic mass is 10.1. The van der Waals surface area contributed by atoms with Crippen LogP contribution in [-0.4, -0.2) is 30.1 Å². The van der Waals surface area contributed by atoms with Gasteiger partial charge in [-0.1, -0.05) is 19.0 Å². The van der Waals surface area contributed by atoms with Gasteiger partial charge in [0.25, 0.3) is 11.8 Å². The maximum atomic E-state index is 13.4. The van der Waals surface area contributed by atoms with Crippen LogP contribution >= 0.6 is 0 Å². The molecule has 0 spiro atoms. The van der Waals surface area contributed by atoms with Gasteiger partial charge in [0, 0.05) is 25.2 Å². The van der Waals surface area contributed by atoms with Gasteiger partial charge in [-0.15, -0.1) is 0 Å². The van der Waals surface area contributed by atoms with Crippen LogP contribution in [0.3, 0.4) is 0 Å². The van der Waals surface area contributed by atoms with Gasteiger partial charge in [0.1, 0.15) is 11.6 Å². The van der Waals surface area contributed by atoms with Crippen molar-refractivity contribution in [1.82, 2.24) is 15.8 Å². The minimum absolute atomic E-state index is 0.0760. The van der Waals surface area contributed by atoms with E-state index in [4.69, 9.17) is 4.52 Å². The first kappa shape index (κ1) is 17.6. The smallest absolute Gasteiger partial charge is 0.289 e. The molecule has 0 atom stereocenters. The minimum atomic E-state index is -0.945. The third kappa shape index (κ3) is 4.37. The Kier molecular flexibility index (Phi) is 5.62. The Morgan fingerprint density at radius 3 is 2.38 bits per heavy atom. The zero-order valence-corrected chi connectivity index (χ0v) is 13.2. The Balaban J connectivity index is 1.79. The Bertz CT molecular complexity index is 744. The molecule has 2 rings (SSSR count). The number of hydrogen-bond acceptors (Lipinski definition) is 4. The van der Waals surface area contributed by atoms with Crippen LogP contribution in [0.5, 0.6) is 0 Å². The van der Waals surface area contributed by atoms with E-state index >= 15 is 0 Å². The Labute approximate surface area is 137 Å². The van der Waals surface area contributed by atoms with Crippen molar-refractivity contribution in [2.45, 2.75) is 19.8 Å². The van der Waals surface area contributed by atoms with Gasteiger partial charge >= 0.3 is 0 Å². The third-order valence-corrected chi connectivity index (χ3v) is 3.22. The highest BCUT2D eigenvalue weighted by atomic mass is 19.1. The summed E-state index contributed by atoms with van der Waals surface area (Å²) in [5.41, 5.74) is 0.403. The number of nitrogens with zero attached hydrogens (tertiary/aromatic N) is 1. The number of aromatic nitrogens is 1. The van der Waals surface area contributed by atoms with Gasteiger partial charge in [0.05, 0.1) is 11.3 Å². The molecule has 24 heavy (non-hydrogen) atoms. The van der Waals surface area contributed by atoms with Crippen LogP contribution in [0.15, 0.2) is 28.8 Å². The molecule has 8 heteroatoms. The quantitative estimate of drug-likeness (QED) is 0.792. The van der Waals surface area contributed by atoms with Crippen molar-refractivity contribution in [3.63, 3.8) is 0 Å². The van der Waals surface area contributed by atoms with Crippen molar-refractivity contribution >= 4 is 11.8 Å². The Morgan fingerprint density at radius 2 is 1.79 bits per heavy atom. The molecule has 6 nitrogen and oxygen atoms in total. The molecule has 0 saturated carbocycles. The molecular formula is C16H17F2N3O3. The number of carbonyl (C=O) groups is 2. The molecular weight excluding hydrogens is 320 g/mol. The number of rotatable bonds is 6. The van der Waals surface area contributed by atoms with E-state index < -0.39 is 23.4 Å². The molecule has 1 aromatic heterocycles. The van der Waals surface area contributed by atoms with E-state index in [2.05, 4.69) is 15.8 Å². The average Bonchev–Trinajstić information content (AvgIpc) is 3.01. The number of amides is 2. The van der Waals surface area contributed by atoms with Crippen LogP contribution in [0.25, 0.3) is 0 Å². The van der Waals surface area contributed by atoms with Gasteiger partial charge in [-0.05, 0) is 18.1 Å². The molecule has 1 heterocycles. The number of hydrogen-bond donors (Lipinski definition) is 2. The summed E-state index contributed by atoms with van der Waals surface area (Å²) in [5.74, 6) is -2.64. The van der Waals surface area contributed by atoms with Crippen molar-refractivity contribution in [3.05, 3.63) is 52.9 Å². The molecule has 2 aromatic rings. The molecule has 0 aliphatic heterocycles. The second kappa shape index (κ2) is 7.67. The number of halogens is 2. The van der Waals surface area contributed by atoms with Gasteiger partial charge in [-0.2, -0.15) is 0 Å². The van der Waals surface area contributed by atoms with E-state index in [1.165, 1.54) is 0 Å². The normalized spacial score (nSPS) is 10.7. The molecule has 2 amide bonds. The van der Waals surface area contributed by atoms with E-state index in [1.54, 1.807) is 6.07 Å². The first-order valence-electron chi connectivity index (χ1n) is 7.36. The van der Waals surface area contributed by atoms with Crippen LogP contribution in [0.2, 0.25) is 0 Å². The van der Waals surface area contributed by atoms with Crippen LogP contribution in [-0.2, 0) is 0 Å². The molecule has 0 radical (unpaired) electrons. The van der Waals surface area contributed by atoms with E-state index in [9.17, 15) is 18.4 Å². The predicted molar refractivity (Wildman–Crippen MR) is 81.6 cm³/mol. The van der Waals surface area contributed by atoms with Gasteiger partial charge in [0.2, 0.25) is 5.76 Å². The summed E-state index contributed by atoms with van der Waals surface area (Å²) in [6, 6.07) is 4.23. The van der Waals surface area contributed by atoms with Crippen molar-refractivity contribution in [2.24, 2.45) is 0 Å². The fraction of sp³-hybridized carbons (Fsp3) is 0.312. The lowest BCUT2D eigenvalue weighted by Crippen LogP contribution is -2.34. The zero-order chi connectivity index (χ0) is 17.7. The SMILES string of the molecule is CC(C)c1cc(C(=O)NCCNC(=O)c2ccc(F)cc2F)on1. The molecule has 0 aliphatic rings. The predicted octanol–water partition coefficient (Wildman–Crippen LogP) is 2.24. The fourth-order valence-corrected chi connectivity index (χ4v) is 1.88. The van der Waals surface area contributed by atoms with Gasteiger partial charge in [0.15, 0.2) is 0 Å². The maximum absolute atomic E-state index is 13.4. The Morgan fingerprint density at radius 1 is 1.12 bits per heavy atom. The summed E-state index contributed by atoms with van der Waals surface area (Å²) in [4.78, 5) is 23.6. The lowest BCUT2D eigenvalue weighted by Gasteiger charge is -2.06. The summed E-state index contributed by atoms with van der Waals surface area (Å²) < 4.78 is 31.2. The zero-order valence-electron chi connectivity index (χ0n) is 13.2. The topological polar surface area (TPSA) is 84.2 Å². The van der Waals surface area contributed by atoms with Crippen LogP contribution in [0, 0.1) is 11.6 Å². The molecule has 128 valence electrons. The summed E-state index contributed by atoms with van der Waals surface area (Å²) in [6.07, 6.45) is 0. The van der Waals surface area contributed by atoms with Gasteiger partial charge < -0.3 is 15.2 Å². The lowest BCUT2D eigenvalue weighted by molar-refractivity contribution is 0.0902. The minimum Gasteiger partial charge on any atom is -0.351 e. The molecule has 0 saturated heterocycles. The summed E-state index contributed by atoms with van der Waals surface area (Å²) in [7, 11) is 0. The molecule has 2 N–H and O–H groups in total. The number of carbonyl (C=O) groups excluding carboxylic acids is 2. The van der Waals surface area contributed by atoms with Crippen LogP contribution in [0.4, 0.5) is 8.78 Å². The van der Waals surface area contributed by atoms with E-state index in [0.29, 0.717) is 11.8 Å².